The molecule has 0 aromatic rings. The maximum atomic E-state index is 13.6. The van der Waals surface area contributed by atoms with E-state index in [2.05, 4.69) is 6.92 Å². The molecule has 0 radical (unpaired) electrons. The van der Waals surface area contributed by atoms with E-state index in [4.69, 9.17) is 0 Å². The van der Waals surface area contributed by atoms with Crippen LogP contribution in [0.4, 0.5) is 13.2 Å². The van der Waals surface area contributed by atoms with Crippen molar-refractivity contribution in [1.82, 2.24) is 9.80 Å². The Morgan fingerprint density at radius 2 is 2.00 bits per heavy atom. The molecule has 6 heteroatoms. The quantitative estimate of drug-likeness (QED) is 0.792. The maximum absolute atomic E-state index is 13.6. The molecule has 0 spiro atoms. The number of halogens is 3. The fourth-order valence-corrected chi connectivity index (χ4v) is 4.00. The van der Waals surface area contributed by atoms with E-state index in [9.17, 15) is 18.0 Å². The fourth-order valence-electron chi connectivity index (χ4n) is 4.00. The highest BCUT2D eigenvalue weighted by molar-refractivity contribution is 5.78. The zero-order valence-corrected chi connectivity index (χ0v) is 13.6. The molecular weight excluding hydrogens is 293 g/mol. The summed E-state index contributed by atoms with van der Waals surface area (Å²) in [5.41, 5.74) is -1.79. The molecule has 0 unspecified atom stereocenters. The first-order chi connectivity index (χ1) is 10.3. The van der Waals surface area contributed by atoms with E-state index in [1.807, 2.05) is 0 Å². The molecule has 2 fully saturated rings. The Morgan fingerprint density at radius 3 is 2.59 bits per heavy atom. The molecule has 2 aliphatic heterocycles. The Morgan fingerprint density at radius 1 is 1.27 bits per heavy atom. The van der Waals surface area contributed by atoms with E-state index < -0.39 is 11.7 Å². The Hall–Kier alpha value is -0.780. The molecule has 0 bridgehead atoms. The summed E-state index contributed by atoms with van der Waals surface area (Å²) in [5, 5.41) is 0. The Balaban J connectivity index is 2.08. The highest BCUT2D eigenvalue weighted by atomic mass is 19.4. The fraction of sp³-hybridized carbons (Fsp3) is 0.938. The molecular formula is C16H27F3N2O. The molecule has 2 aliphatic rings. The van der Waals surface area contributed by atoms with Crippen molar-refractivity contribution in [1.29, 1.82) is 0 Å². The largest absolute Gasteiger partial charge is 0.406 e. The predicted molar refractivity (Wildman–Crippen MR) is 79.5 cm³/mol. The van der Waals surface area contributed by atoms with E-state index in [0.717, 1.165) is 12.8 Å². The Bertz CT molecular complexity index is 399. The van der Waals surface area contributed by atoms with Gasteiger partial charge < -0.3 is 4.90 Å². The second-order valence-electron chi connectivity index (χ2n) is 6.89. The first-order valence-corrected chi connectivity index (χ1v) is 8.39. The van der Waals surface area contributed by atoms with Crippen LogP contribution in [0.2, 0.25) is 0 Å². The summed E-state index contributed by atoms with van der Waals surface area (Å²) in [7, 11) is 0. The molecule has 22 heavy (non-hydrogen) atoms. The van der Waals surface area contributed by atoms with Gasteiger partial charge in [-0.15, -0.1) is 0 Å². The van der Waals surface area contributed by atoms with Crippen LogP contribution in [0.5, 0.6) is 0 Å². The van der Waals surface area contributed by atoms with Gasteiger partial charge in [-0.3, -0.25) is 9.69 Å². The van der Waals surface area contributed by atoms with Gasteiger partial charge in [0, 0.05) is 13.1 Å². The van der Waals surface area contributed by atoms with Gasteiger partial charge in [0.25, 0.3) is 0 Å². The summed E-state index contributed by atoms with van der Waals surface area (Å²) < 4.78 is 40.9. The molecule has 128 valence electrons. The number of carbonyl (C=O) groups is 1. The van der Waals surface area contributed by atoms with Gasteiger partial charge in [-0.2, -0.15) is 13.2 Å². The lowest BCUT2D eigenvalue weighted by molar-refractivity contribution is -0.226. The molecule has 3 nitrogen and oxygen atoms in total. The van der Waals surface area contributed by atoms with Gasteiger partial charge in [-0.1, -0.05) is 20.3 Å². The normalized spacial score (nSPS) is 30.8. The number of piperidine rings is 1. The van der Waals surface area contributed by atoms with Gasteiger partial charge >= 0.3 is 6.18 Å². The van der Waals surface area contributed by atoms with Crippen LogP contribution in [0.3, 0.4) is 0 Å². The number of hydrogen-bond acceptors (Lipinski definition) is 2. The minimum Gasteiger partial charge on any atom is -0.341 e. The lowest BCUT2D eigenvalue weighted by atomic mass is 9.89. The second-order valence-corrected chi connectivity index (χ2v) is 6.89. The monoisotopic (exact) mass is 320 g/mol. The Kier molecular flexibility index (Phi) is 5.41. The molecule has 0 N–H and O–H groups in total. The molecule has 2 rings (SSSR count). The smallest absolute Gasteiger partial charge is 0.341 e. The second kappa shape index (κ2) is 6.77. The zero-order chi connectivity index (χ0) is 16.4. The molecule has 0 aliphatic carbocycles. The van der Waals surface area contributed by atoms with Crippen molar-refractivity contribution in [2.75, 3.05) is 26.2 Å². The average Bonchev–Trinajstić information content (AvgIpc) is 2.83. The summed E-state index contributed by atoms with van der Waals surface area (Å²) in [6.45, 7) is 5.51. The third kappa shape index (κ3) is 3.42. The van der Waals surface area contributed by atoms with Crippen molar-refractivity contribution in [3.8, 4) is 0 Å². The van der Waals surface area contributed by atoms with E-state index >= 15 is 0 Å². The number of alkyl halides is 3. The average molecular weight is 320 g/mol. The van der Waals surface area contributed by atoms with Gasteiger partial charge in [0.05, 0.1) is 6.54 Å². The minimum atomic E-state index is -4.27. The lowest BCUT2D eigenvalue weighted by Crippen LogP contribution is -2.58. The van der Waals surface area contributed by atoms with E-state index in [0.29, 0.717) is 38.4 Å². The first-order valence-electron chi connectivity index (χ1n) is 8.39. The van der Waals surface area contributed by atoms with Crippen LogP contribution in [0, 0.1) is 5.92 Å². The molecule has 1 amide bonds. The van der Waals surface area contributed by atoms with Crippen LogP contribution in [0.1, 0.15) is 52.4 Å². The van der Waals surface area contributed by atoms with Crippen LogP contribution in [0.15, 0.2) is 0 Å². The van der Waals surface area contributed by atoms with Gasteiger partial charge in [-0.05, 0) is 44.6 Å². The molecule has 2 saturated heterocycles. The van der Waals surface area contributed by atoms with Crippen molar-refractivity contribution in [3.05, 3.63) is 0 Å². The van der Waals surface area contributed by atoms with Crippen molar-refractivity contribution >= 4 is 5.91 Å². The van der Waals surface area contributed by atoms with E-state index in [1.54, 1.807) is 11.8 Å². The Labute approximate surface area is 130 Å². The number of nitrogens with zero attached hydrogens (tertiary/aromatic N) is 2. The highest BCUT2D eigenvalue weighted by Crippen LogP contribution is 2.46. The number of rotatable bonds is 4. The van der Waals surface area contributed by atoms with Gasteiger partial charge in [0.2, 0.25) is 5.91 Å². The number of likely N-dealkylation sites (tertiary alicyclic amines) is 2. The summed E-state index contributed by atoms with van der Waals surface area (Å²) >= 11 is 0. The van der Waals surface area contributed by atoms with Gasteiger partial charge in [0.1, 0.15) is 5.54 Å². The van der Waals surface area contributed by atoms with Crippen molar-refractivity contribution in [2.24, 2.45) is 5.92 Å². The summed E-state index contributed by atoms with van der Waals surface area (Å²) in [4.78, 5) is 15.6. The minimum absolute atomic E-state index is 0.0835. The van der Waals surface area contributed by atoms with Gasteiger partial charge in [-0.25, -0.2) is 0 Å². The summed E-state index contributed by atoms with van der Waals surface area (Å²) in [6, 6.07) is 0. The number of hydrogen-bond donors (Lipinski definition) is 0. The van der Waals surface area contributed by atoms with Gasteiger partial charge in [0.15, 0.2) is 0 Å². The van der Waals surface area contributed by atoms with Crippen molar-refractivity contribution in [2.45, 2.75) is 64.1 Å². The SMILES string of the molecule is CCC[C@]1(C(F)(F)F)CCCN1CC(=O)N1CCC[C@@H](C)C1. The molecule has 2 atom stereocenters. The van der Waals surface area contributed by atoms with Crippen molar-refractivity contribution < 1.29 is 18.0 Å². The summed E-state index contributed by atoms with van der Waals surface area (Å²) in [6.07, 6.45) is -1.03. The first kappa shape index (κ1) is 17.6. The molecule has 0 aromatic carbocycles. The molecule has 2 heterocycles. The van der Waals surface area contributed by atoms with Crippen LogP contribution >= 0.6 is 0 Å². The standard InChI is InChI=1S/C16H27F3N2O/c1-3-7-15(16(17,18)19)8-5-10-21(15)12-14(22)20-9-4-6-13(2)11-20/h13H,3-12H2,1-2H3/t13-,15-/m1/s1. The number of amides is 1. The third-order valence-corrected chi connectivity index (χ3v) is 5.15. The van der Waals surface area contributed by atoms with Crippen LogP contribution in [-0.2, 0) is 4.79 Å². The van der Waals surface area contributed by atoms with E-state index in [1.165, 1.54) is 4.90 Å². The lowest BCUT2D eigenvalue weighted by Gasteiger charge is -2.41. The topological polar surface area (TPSA) is 23.6 Å². The summed E-state index contributed by atoms with van der Waals surface area (Å²) in [5.74, 6) is 0.303. The maximum Gasteiger partial charge on any atom is 0.406 e. The zero-order valence-electron chi connectivity index (χ0n) is 13.6. The predicted octanol–water partition coefficient (Wildman–Crippen LogP) is 3.44. The van der Waals surface area contributed by atoms with Crippen LogP contribution in [0.25, 0.3) is 0 Å². The van der Waals surface area contributed by atoms with Crippen LogP contribution < -0.4 is 0 Å². The van der Waals surface area contributed by atoms with E-state index in [-0.39, 0.29) is 25.3 Å². The van der Waals surface area contributed by atoms with Crippen LogP contribution in [-0.4, -0.2) is 53.6 Å². The number of carbonyl (C=O) groups excluding carboxylic acids is 1. The molecule has 0 aromatic heterocycles. The molecule has 0 saturated carbocycles. The third-order valence-electron chi connectivity index (χ3n) is 5.15. The van der Waals surface area contributed by atoms with Crippen molar-refractivity contribution in [3.63, 3.8) is 0 Å². The highest BCUT2D eigenvalue weighted by Gasteiger charge is 2.59.